The van der Waals surface area contributed by atoms with Crippen LogP contribution in [0, 0.1) is 0 Å². The van der Waals surface area contributed by atoms with E-state index in [1.54, 1.807) is 4.68 Å². The lowest BCUT2D eigenvalue weighted by atomic mass is 10.1. The highest BCUT2D eigenvalue weighted by Gasteiger charge is 1.97. The molecule has 0 spiro atoms. The van der Waals surface area contributed by atoms with Crippen molar-refractivity contribution in [2.45, 2.75) is 19.7 Å². The van der Waals surface area contributed by atoms with Crippen LogP contribution in [0.3, 0.4) is 0 Å². The van der Waals surface area contributed by atoms with E-state index in [4.69, 9.17) is 5.11 Å². The van der Waals surface area contributed by atoms with Crippen molar-refractivity contribution >= 4 is 0 Å². The lowest BCUT2D eigenvalue weighted by molar-refractivity contribution is 0.282. The van der Waals surface area contributed by atoms with E-state index >= 15 is 0 Å². The SMILES string of the molecule is Cn1ccc(CNCc2ccc(CO)cc2)n1. The summed E-state index contributed by atoms with van der Waals surface area (Å²) in [4.78, 5) is 0. The summed E-state index contributed by atoms with van der Waals surface area (Å²) in [5.41, 5.74) is 3.19. The molecule has 17 heavy (non-hydrogen) atoms. The molecular formula is C13H17N3O. The molecule has 4 heteroatoms. The van der Waals surface area contributed by atoms with Crippen LogP contribution in [0.4, 0.5) is 0 Å². The maximum absolute atomic E-state index is 8.93. The number of aliphatic hydroxyl groups excluding tert-OH is 1. The molecule has 0 atom stereocenters. The van der Waals surface area contributed by atoms with E-state index in [-0.39, 0.29) is 6.61 Å². The molecule has 0 saturated heterocycles. The molecule has 90 valence electrons. The maximum atomic E-state index is 8.93. The molecule has 0 unspecified atom stereocenters. The highest BCUT2D eigenvalue weighted by atomic mass is 16.3. The summed E-state index contributed by atoms with van der Waals surface area (Å²) >= 11 is 0. The van der Waals surface area contributed by atoms with Crippen molar-refractivity contribution in [3.63, 3.8) is 0 Å². The molecule has 0 radical (unpaired) electrons. The average molecular weight is 231 g/mol. The van der Waals surface area contributed by atoms with Gasteiger partial charge in [0.2, 0.25) is 0 Å². The minimum Gasteiger partial charge on any atom is -0.392 e. The fourth-order valence-corrected chi connectivity index (χ4v) is 1.65. The van der Waals surface area contributed by atoms with Gasteiger partial charge >= 0.3 is 0 Å². The monoisotopic (exact) mass is 231 g/mol. The van der Waals surface area contributed by atoms with E-state index in [0.29, 0.717) is 0 Å². The van der Waals surface area contributed by atoms with E-state index in [1.165, 1.54) is 5.56 Å². The predicted octanol–water partition coefficient (Wildman–Crippen LogP) is 1.20. The van der Waals surface area contributed by atoms with Crippen LogP contribution in [0.15, 0.2) is 36.5 Å². The van der Waals surface area contributed by atoms with Crippen LogP contribution in [-0.2, 0) is 26.7 Å². The first-order chi connectivity index (χ1) is 8.28. The van der Waals surface area contributed by atoms with Crippen molar-refractivity contribution in [3.05, 3.63) is 53.3 Å². The van der Waals surface area contributed by atoms with Gasteiger partial charge in [-0.1, -0.05) is 24.3 Å². The molecule has 0 saturated carbocycles. The third-order valence-corrected chi connectivity index (χ3v) is 2.61. The number of benzene rings is 1. The van der Waals surface area contributed by atoms with E-state index in [2.05, 4.69) is 10.4 Å². The third-order valence-electron chi connectivity index (χ3n) is 2.61. The topological polar surface area (TPSA) is 50.1 Å². The van der Waals surface area contributed by atoms with Crippen molar-refractivity contribution in [2.24, 2.45) is 7.05 Å². The van der Waals surface area contributed by atoms with Crippen molar-refractivity contribution in [1.82, 2.24) is 15.1 Å². The van der Waals surface area contributed by atoms with E-state index in [1.807, 2.05) is 43.6 Å². The summed E-state index contributed by atoms with van der Waals surface area (Å²) in [6, 6.07) is 9.94. The maximum Gasteiger partial charge on any atom is 0.0762 e. The molecule has 0 amide bonds. The van der Waals surface area contributed by atoms with Crippen LogP contribution < -0.4 is 5.32 Å². The van der Waals surface area contributed by atoms with E-state index < -0.39 is 0 Å². The Morgan fingerprint density at radius 2 is 1.82 bits per heavy atom. The summed E-state index contributed by atoms with van der Waals surface area (Å²) in [6.07, 6.45) is 1.94. The Hall–Kier alpha value is -1.65. The van der Waals surface area contributed by atoms with Gasteiger partial charge in [0.15, 0.2) is 0 Å². The number of rotatable bonds is 5. The minimum atomic E-state index is 0.0989. The van der Waals surface area contributed by atoms with Gasteiger partial charge in [-0.15, -0.1) is 0 Å². The van der Waals surface area contributed by atoms with Gasteiger partial charge in [0.1, 0.15) is 0 Å². The van der Waals surface area contributed by atoms with Crippen molar-refractivity contribution in [2.75, 3.05) is 0 Å². The van der Waals surface area contributed by atoms with Gasteiger partial charge in [-0.05, 0) is 17.2 Å². The van der Waals surface area contributed by atoms with Gasteiger partial charge in [0, 0.05) is 26.3 Å². The second kappa shape index (κ2) is 5.61. The van der Waals surface area contributed by atoms with Crippen LogP contribution in [-0.4, -0.2) is 14.9 Å². The first-order valence-electron chi connectivity index (χ1n) is 5.66. The lowest BCUT2D eigenvalue weighted by Gasteiger charge is -2.04. The zero-order valence-electron chi connectivity index (χ0n) is 9.93. The van der Waals surface area contributed by atoms with Gasteiger partial charge in [-0.2, -0.15) is 5.10 Å². The summed E-state index contributed by atoms with van der Waals surface area (Å²) < 4.78 is 1.80. The Labute approximate surface area is 101 Å². The largest absolute Gasteiger partial charge is 0.392 e. The molecule has 0 aliphatic heterocycles. The minimum absolute atomic E-state index is 0.0989. The van der Waals surface area contributed by atoms with Crippen molar-refractivity contribution in [1.29, 1.82) is 0 Å². The number of hydrogen-bond acceptors (Lipinski definition) is 3. The second-order valence-electron chi connectivity index (χ2n) is 4.06. The fraction of sp³-hybridized carbons (Fsp3) is 0.308. The molecule has 0 bridgehead atoms. The lowest BCUT2D eigenvalue weighted by Crippen LogP contribution is -2.13. The second-order valence-corrected chi connectivity index (χ2v) is 4.06. The number of nitrogens with zero attached hydrogens (tertiary/aromatic N) is 2. The Kier molecular flexibility index (Phi) is 3.90. The van der Waals surface area contributed by atoms with Crippen LogP contribution >= 0.6 is 0 Å². The van der Waals surface area contributed by atoms with Gasteiger partial charge in [-0.25, -0.2) is 0 Å². The summed E-state index contributed by atoms with van der Waals surface area (Å²) in [5.74, 6) is 0. The van der Waals surface area contributed by atoms with Gasteiger partial charge in [0.05, 0.1) is 12.3 Å². The summed E-state index contributed by atoms with van der Waals surface area (Å²) in [7, 11) is 1.91. The molecule has 0 aliphatic carbocycles. The molecular weight excluding hydrogens is 214 g/mol. The standard InChI is InChI=1S/C13H17N3O/c1-16-7-6-13(15-16)9-14-8-11-2-4-12(10-17)5-3-11/h2-7,14,17H,8-10H2,1H3. The molecule has 1 aromatic carbocycles. The van der Waals surface area contributed by atoms with Crippen molar-refractivity contribution in [3.8, 4) is 0 Å². The average Bonchev–Trinajstić information content (AvgIpc) is 2.76. The van der Waals surface area contributed by atoms with Crippen molar-refractivity contribution < 1.29 is 5.11 Å². The zero-order chi connectivity index (χ0) is 12.1. The van der Waals surface area contributed by atoms with Crippen LogP contribution in [0.5, 0.6) is 0 Å². The molecule has 0 fully saturated rings. The summed E-state index contributed by atoms with van der Waals surface area (Å²) in [6.45, 7) is 1.67. The molecule has 2 rings (SSSR count). The molecule has 1 aromatic heterocycles. The normalized spacial score (nSPS) is 10.7. The molecule has 2 N–H and O–H groups in total. The Balaban J connectivity index is 1.81. The quantitative estimate of drug-likeness (QED) is 0.813. The number of nitrogens with one attached hydrogen (secondary N) is 1. The van der Waals surface area contributed by atoms with Crippen LogP contribution in [0.25, 0.3) is 0 Å². The van der Waals surface area contributed by atoms with E-state index in [9.17, 15) is 0 Å². The number of hydrogen-bond donors (Lipinski definition) is 2. The zero-order valence-corrected chi connectivity index (χ0v) is 9.93. The van der Waals surface area contributed by atoms with Gasteiger partial charge in [0.25, 0.3) is 0 Å². The fourth-order valence-electron chi connectivity index (χ4n) is 1.65. The molecule has 4 nitrogen and oxygen atoms in total. The third kappa shape index (κ3) is 3.41. The van der Waals surface area contributed by atoms with Crippen LogP contribution in [0.1, 0.15) is 16.8 Å². The van der Waals surface area contributed by atoms with E-state index in [0.717, 1.165) is 24.3 Å². The molecule has 0 aliphatic rings. The highest BCUT2D eigenvalue weighted by Crippen LogP contribution is 2.04. The summed E-state index contributed by atoms with van der Waals surface area (Å²) in [5, 5.41) is 16.6. The highest BCUT2D eigenvalue weighted by molar-refractivity contribution is 5.21. The van der Waals surface area contributed by atoms with Gasteiger partial charge < -0.3 is 10.4 Å². The molecule has 2 aromatic rings. The van der Waals surface area contributed by atoms with Crippen LogP contribution in [0.2, 0.25) is 0 Å². The Morgan fingerprint density at radius 1 is 1.12 bits per heavy atom. The smallest absolute Gasteiger partial charge is 0.0762 e. The van der Waals surface area contributed by atoms with Gasteiger partial charge in [-0.3, -0.25) is 4.68 Å². The molecule has 1 heterocycles. The Bertz CT molecular complexity index is 462. The number of aromatic nitrogens is 2. The number of aryl methyl sites for hydroxylation is 1. The first-order valence-corrected chi connectivity index (χ1v) is 5.66. The predicted molar refractivity (Wildman–Crippen MR) is 66.1 cm³/mol. The number of aliphatic hydroxyl groups is 1. The first kappa shape index (κ1) is 11.8. The Morgan fingerprint density at radius 3 is 2.41 bits per heavy atom.